The van der Waals surface area contributed by atoms with Crippen molar-refractivity contribution in [2.45, 2.75) is 39.9 Å². The van der Waals surface area contributed by atoms with E-state index >= 15 is 0 Å². The summed E-state index contributed by atoms with van der Waals surface area (Å²) >= 11 is 7.86. The van der Waals surface area contributed by atoms with E-state index in [0.717, 1.165) is 16.5 Å². The van der Waals surface area contributed by atoms with Crippen LogP contribution in [-0.2, 0) is 4.74 Å². The fourth-order valence-corrected chi connectivity index (χ4v) is 4.70. The molecule has 0 unspecified atom stereocenters. The van der Waals surface area contributed by atoms with Crippen molar-refractivity contribution in [3.63, 3.8) is 0 Å². The summed E-state index contributed by atoms with van der Waals surface area (Å²) in [6.07, 6.45) is 0.637. The SMILES string of the molecule is Cc1cc(-c2nc3c(Cl)cc(OCCNC(=O)OC(C)(C)C)cc3s2)c2ncc(OC(F)F)nc2c1. The summed E-state index contributed by atoms with van der Waals surface area (Å²) < 4.78 is 41.3. The highest BCUT2D eigenvalue weighted by molar-refractivity contribution is 7.21. The number of rotatable bonds is 7. The molecule has 0 radical (unpaired) electrons. The lowest BCUT2D eigenvalue weighted by Crippen LogP contribution is -2.34. The zero-order valence-electron chi connectivity index (χ0n) is 19.9. The maximum atomic E-state index is 12.6. The number of amides is 1. The summed E-state index contributed by atoms with van der Waals surface area (Å²) in [5, 5.41) is 3.67. The quantitative estimate of drug-likeness (QED) is 0.274. The average Bonchev–Trinajstić information content (AvgIpc) is 3.19. The van der Waals surface area contributed by atoms with Crippen LogP contribution in [0.2, 0.25) is 5.02 Å². The number of carbonyl (C=O) groups excluding carboxylic acids is 1. The lowest BCUT2D eigenvalue weighted by Gasteiger charge is -2.19. The van der Waals surface area contributed by atoms with E-state index in [1.54, 1.807) is 32.9 Å². The van der Waals surface area contributed by atoms with E-state index < -0.39 is 18.3 Å². The Kier molecular flexibility index (Phi) is 7.41. The standard InChI is InChI=1S/C24H23ClF2N4O4S/c1-12-7-14(19-16(8-12)30-18(11-29-19)34-22(26)27)21-31-20-15(25)9-13(10-17(20)36-21)33-6-5-28-23(32)35-24(2,3)4/h7-11,22H,5-6H2,1-4H3,(H,28,32). The Morgan fingerprint density at radius 3 is 2.67 bits per heavy atom. The number of nitrogens with one attached hydrogen (secondary N) is 1. The van der Waals surface area contributed by atoms with Crippen LogP contribution in [0.15, 0.2) is 30.5 Å². The number of halogens is 3. The number of alkyl halides is 2. The van der Waals surface area contributed by atoms with Crippen molar-refractivity contribution in [3.8, 4) is 22.2 Å². The normalized spacial score (nSPS) is 11.8. The number of aryl methyl sites for hydroxylation is 1. The number of alkyl carbamates (subject to hydrolysis) is 1. The van der Waals surface area contributed by atoms with Gasteiger partial charge in [-0.2, -0.15) is 8.78 Å². The fraction of sp³-hybridized carbons (Fsp3) is 0.333. The minimum absolute atomic E-state index is 0.216. The maximum absolute atomic E-state index is 12.6. The van der Waals surface area contributed by atoms with Crippen LogP contribution in [-0.4, -0.2) is 46.4 Å². The van der Waals surface area contributed by atoms with Crippen LogP contribution in [0, 0.1) is 6.92 Å². The number of benzene rings is 2. The number of aromatic nitrogens is 3. The molecule has 4 aromatic rings. The van der Waals surface area contributed by atoms with Gasteiger partial charge in [0.25, 0.3) is 0 Å². The van der Waals surface area contributed by atoms with Gasteiger partial charge in [0.05, 0.1) is 33.5 Å². The molecule has 0 atom stereocenters. The molecule has 0 saturated carbocycles. The number of fused-ring (bicyclic) bond motifs is 2. The molecular weight excluding hydrogens is 514 g/mol. The summed E-state index contributed by atoms with van der Waals surface area (Å²) in [6.45, 7) is 4.70. The third-order valence-electron chi connectivity index (χ3n) is 4.67. The Morgan fingerprint density at radius 2 is 1.94 bits per heavy atom. The third-order valence-corrected chi connectivity index (χ3v) is 5.99. The molecule has 1 N–H and O–H groups in total. The number of carbonyl (C=O) groups is 1. The minimum atomic E-state index is -2.99. The first-order valence-corrected chi connectivity index (χ1v) is 12.1. The third kappa shape index (κ3) is 6.27. The summed E-state index contributed by atoms with van der Waals surface area (Å²) in [5.74, 6) is 0.265. The lowest BCUT2D eigenvalue weighted by atomic mass is 10.1. The molecule has 0 bridgehead atoms. The molecule has 0 fully saturated rings. The van der Waals surface area contributed by atoms with E-state index in [1.807, 2.05) is 19.1 Å². The predicted molar refractivity (Wildman–Crippen MR) is 134 cm³/mol. The number of ether oxygens (including phenoxy) is 3. The Morgan fingerprint density at radius 1 is 1.17 bits per heavy atom. The van der Waals surface area contributed by atoms with Crippen molar-refractivity contribution in [2.75, 3.05) is 13.2 Å². The Hall–Kier alpha value is -3.31. The van der Waals surface area contributed by atoms with Crippen LogP contribution in [0.4, 0.5) is 13.6 Å². The van der Waals surface area contributed by atoms with Crippen molar-refractivity contribution >= 4 is 50.3 Å². The van der Waals surface area contributed by atoms with E-state index in [9.17, 15) is 13.6 Å². The lowest BCUT2D eigenvalue weighted by molar-refractivity contribution is -0.0528. The van der Waals surface area contributed by atoms with Crippen LogP contribution in [0.5, 0.6) is 11.6 Å². The molecule has 8 nitrogen and oxygen atoms in total. The van der Waals surface area contributed by atoms with Gasteiger partial charge in [0.1, 0.15) is 28.5 Å². The topological polar surface area (TPSA) is 95.5 Å². The van der Waals surface area contributed by atoms with Gasteiger partial charge in [0, 0.05) is 11.6 Å². The molecular formula is C24H23ClF2N4O4S. The molecule has 2 aromatic carbocycles. The smallest absolute Gasteiger partial charge is 0.407 e. The van der Waals surface area contributed by atoms with Crippen LogP contribution < -0.4 is 14.8 Å². The van der Waals surface area contributed by atoms with Crippen molar-refractivity contribution in [1.29, 1.82) is 0 Å². The summed E-state index contributed by atoms with van der Waals surface area (Å²) in [7, 11) is 0. The molecule has 4 rings (SSSR count). The average molecular weight is 537 g/mol. The van der Waals surface area contributed by atoms with Crippen LogP contribution >= 0.6 is 22.9 Å². The van der Waals surface area contributed by atoms with E-state index in [0.29, 0.717) is 37.9 Å². The first kappa shape index (κ1) is 25.8. The molecule has 2 heterocycles. The summed E-state index contributed by atoms with van der Waals surface area (Å²) in [5.41, 5.74) is 2.48. The van der Waals surface area contributed by atoms with E-state index in [1.165, 1.54) is 11.3 Å². The number of hydrogen-bond acceptors (Lipinski definition) is 8. The largest absolute Gasteiger partial charge is 0.492 e. The van der Waals surface area contributed by atoms with Gasteiger partial charge < -0.3 is 19.5 Å². The van der Waals surface area contributed by atoms with Gasteiger partial charge in [-0.3, -0.25) is 0 Å². The molecule has 0 aliphatic heterocycles. The van der Waals surface area contributed by atoms with Gasteiger partial charge in [-0.1, -0.05) is 11.6 Å². The highest BCUT2D eigenvalue weighted by atomic mass is 35.5. The molecule has 0 spiro atoms. The summed E-state index contributed by atoms with van der Waals surface area (Å²) in [6, 6.07) is 7.11. The molecule has 0 aliphatic rings. The van der Waals surface area contributed by atoms with Gasteiger partial charge >= 0.3 is 12.7 Å². The molecule has 1 amide bonds. The van der Waals surface area contributed by atoms with E-state index in [-0.39, 0.29) is 19.0 Å². The molecule has 190 valence electrons. The zero-order valence-corrected chi connectivity index (χ0v) is 21.5. The van der Waals surface area contributed by atoms with Gasteiger partial charge in [-0.25, -0.2) is 19.7 Å². The second kappa shape index (κ2) is 10.4. The van der Waals surface area contributed by atoms with Gasteiger partial charge in [-0.05, 0) is 51.5 Å². The number of thiazole rings is 1. The Bertz CT molecular complexity index is 1430. The van der Waals surface area contributed by atoms with E-state index in [4.69, 9.17) is 21.1 Å². The van der Waals surface area contributed by atoms with Gasteiger partial charge in [-0.15, -0.1) is 11.3 Å². The number of nitrogens with zero attached hydrogens (tertiary/aromatic N) is 3. The van der Waals surface area contributed by atoms with Crippen LogP contribution in [0.25, 0.3) is 31.8 Å². The maximum Gasteiger partial charge on any atom is 0.407 e. The minimum Gasteiger partial charge on any atom is -0.492 e. The zero-order chi connectivity index (χ0) is 26.0. The Balaban J connectivity index is 1.55. The first-order chi connectivity index (χ1) is 17.0. The van der Waals surface area contributed by atoms with E-state index in [2.05, 4.69) is 25.0 Å². The van der Waals surface area contributed by atoms with Crippen molar-refractivity contribution < 1.29 is 27.8 Å². The highest BCUT2D eigenvalue weighted by Crippen LogP contribution is 2.39. The second-order valence-corrected chi connectivity index (χ2v) is 10.3. The Labute approximate surface area is 214 Å². The predicted octanol–water partition coefficient (Wildman–Crippen LogP) is 6.37. The van der Waals surface area contributed by atoms with Crippen molar-refractivity contribution in [2.24, 2.45) is 0 Å². The fourth-order valence-electron chi connectivity index (χ4n) is 3.36. The van der Waals surface area contributed by atoms with Crippen LogP contribution in [0.3, 0.4) is 0 Å². The molecule has 0 aliphatic carbocycles. The van der Waals surface area contributed by atoms with Crippen molar-refractivity contribution in [1.82, 2.24) is 20.3 Å². The molecule has 36 heavy (non-hydrogen) atoms. The van der Waals surface area contributed by atoms with Gasteiger partial charge in [0.2, 0.25) is 5.88 Å². The summed E-state index contributed by atoms with van der Waals surface area (Å²) in [4.78, 5) is 24.9. The van der Waals surface area contributed by atoms with Crippen molar-refractivity contribution in [3.05, 3.63) is 41.0 Å². The molecule has 2 aromatic heterocycles. The van der Waals surface area contributed by atoms with Gasteiger partial charge in [0.15, 0.2) is 0 Å². The monoisotopic (exact) mass is 536 g/mol. The van der Waals surface area contributed by atoms with Crippen LogP contribution in [0.1, 0.15) is 26.3 Å². The second-order valence-electron chi connectivity index (χ2n) is 8.81. The first-order valence-electron chi connectivity index (χ1n) is 10.9. The molecule has 0 saturated heterocycles. The highest BCUT2D eigenvalue weighted by Gasteiger charge is 2.18. The molecule has 12 heteroatoms. The number of hydrogen-bond donors (Lipinski definition) is 1.